The van der Waals surface area contributed by atoms with Crippen molar-refractivity contribution < 1.29 is 14.0 Å². The van der Waals surface area contributed by atoms with E-state index in [0.29, 0.717) is 0 Å². The van der Waals surface area contributed by atoms with E-state index >= 15 is 0 Å². The number of nitrogens with one attached hydrogen (secondary N) is 1. The molecule has 0 spiro atoms. The number of piperidine rings is 1. The highest BCUT2D eigenvalue weighted by Gasteiger charge is 2.33. The molecule has 5 nitrogen and oxygen atoms in total. The van der Waals surface area contributed by atoms with E-state index in [1.54, 1.807) is 0 Å². The summed E-state index contributed by atoms with van der Waals surface area (Å²) in [5, 5.41) is 3.28. The van der Waals surface area contributed by atoms with Gasteiger partial charge in [-0.1, -0.05) is 51.1 Å². The van der Waals surface area contributed by atoms with Crippen LogP contribution < -0.4 is 5.32 Å². The second-order valence-electron chi connectivity index (χ2n) is 10.0. The van der Waals surface area contributed by atoms with Crippen molar-refractivity contribution in [1.29, 1.82) is 0 Å². The molecular weight excluding hydrogens is 368 g/mol. The molecule has 1 heterocycles. The van der Waals surface area contributed by atoms with Gasteiger partial charge in [0.25, 0.3) is 0 Å². The Balaban J connectivity index is 2.05. The summed E-state index contributed by atoms with van der Waals surface area (Å²) in [4.78, 5) is 14.7. The van der Waals surface area contributed by atoms with Crippen molar-refractivity contribution in [2.24, 2.45) is 0 Å². The predicted octanol–water partition coefficient (Wildman–Crippen LogP) is 4.32. The molecule has 0 aliphatic carbocycles. The maximum atomic E-state index is 12.3. The van der Waals surface area contributed by atoms with Crippen LogP contribution in [-0.4, -0.2) is 50.9 Å². The Labute approximate surface area is 172 Å². The molecule has 0 bridgehead atoms. The molecular formula is C22H38N2O3Si. The Kier molecular flexibility index (Phi) is 7.71. The second kappa shape index (κ2) is 9.42. The minimum Gasteiger partial charge on any atom is -0.444 e. The van der Waals surface area contributed by atoms with Crippen LogP contribution in [0, 0.1) is 0 Å². The third kappa shape index (κ3) is 7.93. The Morgan fingerprint density at radius 3 is 2.36 bits per heavy atom. The van der Waals surface area contributed by atoms with Crippen LogP contribution in [0.4, 0.5) is 4.79 Å². The molecule has 1 amide bonds. The van der Waals surface area contributed by atoms with E-state index in [2.05, 4.69) is 61.8 Å². The number of alkyl carbamates (subject to hydrolysis) is 1. The van der Waals surface area contributed by atoms with Crippen LogP contribution in [0.2, 0.25) is 11.6 Å². The minimum absolute atomic E-state index is 0.0264. The fourth-order valence-electron chi connectivity index (χ4n) is 3.28. The van der Waals surface area contributed by atoms with Crippen LogP contribution in [-0.2, 0) is 15.7 Å². The summed E-state index contributed by atoms with van der Waals surface area (Å²) in [6, 6.07) is 10.5. The lowest BCUT2D eigenvalue weighted by Gasteiger charge is -2.40. The summed E-state index contributed by atoms with van der Waals surface area (Å²) in [5.41, 5.74) is 0.784. The van der Waals surface area contributed by atoms with Gasteiger partial charge in [0.15, 0.2) is 9.04 Å². The summed E-state index contributed by atoms with van der Waals surface area (Å²) in [5.74, 6) is 0. The quantitative estimate of drug-likeness (QED) is 0.740. The lowest BCUT2D eigenvalue weighted by Crippen LogP contribution is -2.54. The number of carbonyl (C=O) groups is 1. The Morgan fingerprint density at radius 1 is 1.14 bits per heavy atom. The van der Waals surface area contributed by atoms with Crippen molar-refractivity contribution in [3.63, 3.8) is 0 Å². The van der Waals surface area contributed by atoms with Gasteiger partial charge in [-0.05, 0) is 44.3 Å². The third-order valence-electron chi connectivity index (χ3n) is 5.07. The minimum atomic E-state index is -1.34. The number of nitrogens with zero attached hydrogens (tertiary/aromatic N) is 1. The number of ether oxygens (including phenoxy) is 1. The molecule has 1 fully saturated rings. The van der Waals surface area contributed by atoms with Crippen LogP contribution in [0.15, 0.2) is 30.3 Å². The Morgan fingerprint density at radius 2 is 1.79 bits per heavy atom. The zero-order valence-electron chi connectivity index (χ0n) is 18.6. The highest BCUT2D eigenvalue weighted by Crippen LogP contribution is 2.29. The largest absolute Gasteiger partial charge is 0.444 e. The van der Waals surface area contributed by atoms with Gasteiger partial charge in [-0.25, -0.2) is 4.79 Å². The van der Waals surface area contributed by atoms with Gasteiger partial charge in [-0.15, -0.1) is 0 Å². The average Bonchev–Trinajstić information content (AvgIpc) is 2.52. The van der Waals surface area contributed by atoms with Crippen molar-refractivity contribution >= 4 is 15.1 Å². The van der Waals surface area contributed by atoms with Gasteiger partial charge in [-0.2, -0.15) is 0 Å². The molecule has 1 saturated heterocycles. The van der Waals surface area contributed by atoms with Crippen LogP contribution in [0.1, 0.15) is 53.5 Å². The number of hydrogen-bond donors (Lipinski definition) is 1. The molecule has 1 aliphatic heterocycles. The van der Waals surface area contributed by atoms with Crippen molar-refractivity contribution in [2.75, 3.05) is 13.1 Å². The van der Waals surface area contributed by atoms with E-state index < -0.39 is 14.6 Å². The fraction of sp³-hybridized carbons (Fsp3) is 0.682. The zero-order chi connectivity index (χ0) is 20.9. The number of carbonyl (C=O) groups excluding carboxylic acids is 1. The number of amides is 1. The SMILES string of the molecule is C[SiH](OC1CC(NC(=O)OC(C)(C)C)CN(Cc2ccccc2)C1)C(C)(C)C. The lowest BCUT2D eigenvalue weighted by molar-refractivity contribution is 0.0340. The van der Waals surface area contributed by atoms with Crippen LogP contribution in [0.5, 0.6) is 0 Å². The Bertz CT molecular complexity index is 625. The van der Waals surface area contributed by atoms with E-state index in [4.69, 9.17) is 9.16 Å². The maximum Gasteiger partial charge on any atom is 0.407 e. The monoisotopic (exact) mass is 406 g/mol. The van der Waals surface area contributed by atoms with Gasteiger partial charge in [0, 0.05) is 25.7 Å². The molecule has 1 aromatic carbocycles. The van der Waals surface area contributed by atoms with Crippen LogP contribution in [0.3, 0.4) is 0 Å². The van der Waals surface area contributed by atoms with Gasteiger partial charge in [0.1, 0.15) is 5.60 Å². The molecule has 3 unspecified atom stereocenters. The van der Waals surface area contributed by atoms with Crippen LogP contribution in [0.25, 0.3) is 0 Å². The van der Waals surface area contributed by atoms with E-state index in [-0.39, 0.29) is 23.3 Å². The molecule has 1 aliphatic rings. The van der Waals surface area contributed by atoms with Gasteiger partial charge in [0.2, 0.25) is 0 Å². The standard InChI is InChI=1S/C22H38N2O3Si/c1-21(2,3)26-20(25)23-18-13-19(27-28(7)22(4,5)6)16-24(15-18)14-17-11-9-8-10-12-17/h8-12,18-19,28H,13-16H2,1-7H3,(H,23,25). The van der Waals surface area contributed by atoms with Gasteiger partial charge < -0.3 is 14.5 Å². The molecule has 0 radical (unpaired) electrons. The third-order valence-corrected chi connectivity index (χ3v) is 8.31. The molecule has 1 aromatic rings. The molecule has 3 atom stereocenters. The van der Waals surface area contributed by atoms with Crippen molar-refractivity contribution in [3.8, 4) is 0 Å². The molecule has 6 heteroatoms. The molecule has 1 N–H and O–H groups in total. The molecule has 0 saturated carbocycles. The number of hydrogen-bond acceptors (Lipinski definition) is 4. The second-order valence-corrected chi connectivity index (χ2v) is 13.3. The smallest absolute Gasteiger partial charge is 0.407 e. The normalized spacial score (nSPS) is 22.5. The summed E-state index contributed by atoms with van der Waals surface area (Å²) in [6.45, 7) is 17.3. The maximum absolute atomic E-state index is 12.3. The number of rotatable bonds is 5. The van der Waals surface area contributed by atoms with Gasteiger partial charge >= 0.3 is 6.09 Å². The highest BCUT2D eigenvalue weighted by molar-refractivity contribution is 6.53. The first-order valence-electron chi connectivity index (χ1n) is 10.3. The summed E-state index contributed by atoms with van der Waals surface area (Å²) >= 11 is 0. The average molecular weight is 407 g/mol. The number of likely N-dealkylation sites (tertiary alicyclic amines) is 1. The topological polar surface area (TPSA) is 50.8 Å². The van der Waals surface area contributed by atoms with E-state index in [1.807, 2.05) is 26.8 Å². The fourth-order valence-corrected chi connectivity index (χ4v) is 4.46. The zero-order valence-corrected chi connectivity index (χ0v) is 19.8. The first-order chi connectivity index (χ1) is 12.9. The van der Waals surface area contributed by atoms with Crippen molar-refractivity contribution in [2.45, 2.75) is 83.8 Å². The molecule has 0 aromatic heterocycles. The molecule has 2 rings (SSSR count). The van der Waals surface area contributed by atoms with Crippen LogP contribution >= 0.6 is 0 Å². The van der Waals surface area contributed by atoms with Gasteiger partial charge in [0.05, 0.1) is 6.10 Å². The first kappa shape index (κ1) is 22.9. The first-order valence-corrected chi connectivity index (χ1v) is 12.5. The summed E-state index contributed by atoms with van der Waals surface area (Å²) in [7, 11) is -1.34. The summed E-state index contributed by atoms with van der Waals surface area (Å²) in [6.07, 6.45) is 0.620. The van der Waals surface area contributed by atoms with Gasteiger partial charge in [-0.3, -0.25) is 4.90 Å². The molecule has 158 valence electrons. The lowest BCUT2D eigenvalue weighted by atomic mass is 10.0. The van der Waals surface area contributed by atoms with Crippen molar-refractivity contribution in [1.82, 2.24) is 10.2 Å². The molecule has 28 heavy (non-hydrogen) atoms. The Hall–Kier alpha value is -1.37. The van der Waals surface area contributed by atoms with E-state index in [1.165, 1.54) is 5.56 Å². The highest BCUT2D eigenvalue weighted by atomic mass is 28.3. The predicted molar refractivity (Wildman–Crippen MR) is 117 cm³/mol. The van der Waals surface area contributed by atoms with E-state index in [9.17, 15) is 4.79 Å². The van der Waals surface area contributed by atoms with Crippen molar-refractivity contribution in [3.05, 3.63) is 35.9 Å². The van der Waals surface area contributed by atoms with E-state index in [0.717, 1.165) is 26.1 Å². The summed E-state index contributed by atoms with van der Waals surface area (Å²) < 4.78 is 12.0. The number of benzene rings is 1.